The summed E-state index contributed by atoms with van der Waals surface area (Å²) < 4.78 is 1.18. The van der Waals surface area contributed by atoms with Crippen molar-refractivity contribution in [1.82, 2.24) is 4.98 Å². The fourth-order valence-corrected chi connectivity index (χ4v) is 3.51. The van der Waals surface area contributed by atoms with Gasteiger partial charge in [-0.3, -0.25) is 9.59 Å². The maximum absolute atomic E-state index is 12.4. The van der Waals surface area contributed by atoms with Crippen LogP contribution in [0, 0.1) is 6.92 Å². The quantitative estimate of drug-likeness (QED) is 0.636. The minimum Gasteiger partial charge on any atom is -0.505 e. The lowest BCUT2D eigenvalue weighted by atomic mass is 10.2. The number of aryl methyl sites for hydroxylation is 1. The Morgan fingerprint density at radius 1 is 1.36 bits per heavy atom. The third-order valence-electron chi connectivity index (χ3n) is 3.19. The van der Waals surface area contributed by atoms with E-state index in [1.165, 1.54) is 11.3 Å². The lowest BCUT2D eigenvalue weighted by molar-refractivity contribution is 0.102. The molecule has 3 N–H and O–H groups in total. The molecule has 0 saturated heterocycles. The van der Waals surface area contributed by atoms with E-state index in [0.29, 0.717) is 20.4 Å². The van der Waals surface area contributed by atoms with E-state index >= 15 is 0 Å². The second-order valence-electron chi connectivity index (χ2n) is 4.78. The van der Waals surface area contributed by atoms with Gasteiger partial charge in [0.05, 0.1) is 15.9 Å². The minimum atomic E-state index is -0.654. The van der Waals surface area contributed by atoms with Crippen LogP contribution in [0.25, 0.3) is 10.2 Å². The number of thiophene rings is 1. The molecule has 0 bridgehead atoms. The minimum absolute atomic E-state index is 0.289. The predicted molar refractivity (Wildman–Crippen MR) is 90.9 cm³/mol. The third-order valence-corrected chi connectivity index (χ3v) is 4.77. The van der Waals surface area contributed by atoms with Crippen molar-refractivity contribution in [2.45, 2.75) is 6.92 Å². The third kappa shape index (κ3) is 2.53. The molecule has 3 aromatic rings. The average Bonchev–Trinajstić information content (AvgIpc) is 2.90. The van der Waals surface area contributed by atoms with E-state index in [0.717, 1.165) is 5.56 Å². The average molecular weight is 379 g/mol. The molecule has 22 heavy (non-hydrogen) atoms. The van der Waals surface area contributed by atoms with Crippen molar-refractivity contribution in [1.29, 1.82) is 0 Å². The number of rotatable bonds is 2. The smallest absolute Gasteiger partial charge is 0.265 e. The predicted octanol–water partition coefficient (Wildman–Crippen LogP) is 3.62. The van der Waals surface area contributed by atoms with Crippen molar-refractivity contribution >= 4 is 49.1 Å². The number of nitrogens with one attached hydrogen (secondary N) is 2. The van der Waals surface area contributed by atoms with E-state index in [2.05, 4.69) is 26.2 Å². The van der Waals surface area contributed by atoms with Crippen LogP contribution in [0.15, 0.2) is 38.9 Å². The normalized spacial score (nSPS) is 10.8. The number of halogens is 1. The summed E-state index contributed by atoms with van der Waals surface area (Å²) in [5.74, 6) is -0.951. The number of aromatic amines is 1. The van der Waals surface area contributed by atoms with Gasteiger partial charge in [0.2, 0.25) is 0 Å². The molecule has 7 heteroatoms. The summed E-state index contributed by atoms with van der Waals surface area (Å²) in [6.07, 6.45) is 0. The molecule has 1 aromatic carbocycles. The van der Waals surface area contributed by atoms with Crippen molar-refractivity contribution in [3.8, 4) is 5.75 Å². The molecular formula is C15H11BrN2O3S. The molecule has 2 aromatic heterocycles. The lowest BCUT2D eigenvalue weighted by Crippen LogP contribution is -2.23. The Morgan fingerprint density at radius 3 is 2.86 bits per heavy atom. The Labute approximate surface area is 137 Å². The van der Waals surface area contributed by atoms with Gasteiger partial charge >= 0.3 is 0 Å². The second-order valence-corrected chi connectivity index (χ2v) is 6.55. The zero-order valence-electron chi connectivity index (χ0n) is 11.4. The maximum Gasteiger partial charge on any atom is 0.265 e. The fraction of sp³-hybridized carbons (Fsp3) is 0.0667. The molecule has 5 nitrogen and oxygen atoms in total. The summed E-state index contributed by atoms with van der Waals surface area (Å²) in [7, 11) is 0. The summed E-state index contributed by atoms with van der Waals surface area (Å²) in [6.45, 7) is 1.93. The number of aromatic nitrogens is 1. The van der Waals surface area contributed by atoms with Crippen molar-refractivity contribution in [3.63, 3.8) is 0 Å². The summed E-state index contributed by atoms with van der Waals surface area (Å²) in [4.78, 5) is 27.0. The Morgan fingerprint density at radius 2 is 2.14 bits per heavy atom. The molecule has 0 spiro atoms. The molecule has 112 valence electrons. The monoisotopic (exact) mass is 378 g/mol. The van der Waals surface area contributed by atoms with Gasteiger partial charge in [0.25, 0.3) is 11.5 Å². The van der Waals surface area contributed by atoms with Crippen molar-refractivity contribution in [2.75, 3.05) is 5.32 Å². The van der Waals surface area contributed by atoms with E-state index < -0.39 is 11.5 Å². The molecule has 2 heterocycles. The van der Waals surface area contributed by atoms with Gasteiger partial charge in [0.15, 0.2) is 5.75 Å². The number of anilines is 1. The van der Waals surface area contributed by atoms with Gasteiger partial charge in [-0.2, -0.15) is 0 Å². The highest BCUT2D eigenvalue weighted by molar-refractivity contribution is 9.10. The molecular weight excluding hydrogens is 368 g/mol. The topological polar surface area (TPSA) is 82.2 Å². The highest BCUT2D eigenvalue weighted by Gasteiger charge is 2.20. The standard InChI is InChI=1S/C15H11BrN2O3S/c1-7-2-3-9(8(16)6-7)17-14(20)11-12(19)13-10(4-5-22-13)18-15(11)21/h2-6H,1H3,(H,17,20)(H2,18,19,21). The van der Waals surface area contributed by atoms with Crippen LogP contribution in [0.2, 0.25) is 0 Å². The molecule has 0 radical (unpaired) electrons. The van der Waals surface area contributed by atoms with Gasteiger partial charge in [-0.15, -0.1) is 11.3 Å². The van der Waals surface area contributed by atoms with Crippen molar-refractivity contribution in [3.05, 3.63) is 55.6 Å². The highest BCUT2D eigenvalue weighted by atomic mass is 79.9. The fourth-order valence-electron chi connectivity index (χ4n) is 2.11. The molecule has 1 amide bonds. The maximum atomic E-state index is 12.4. The van der Waals surface area contributed by atoms with Crippen molar-refractivity contribution < 1.29 is 9.90 Å². The first-order valence-corrected chi connectivity index (χ1v) is 8.04. The van der Waals surface area contributed by atoms with E-state index in [1.807, 2.05) is 19.1 Å². The molecule has 0 aliphatic heterocycles. The molecule has 0 aliphatic carbocycles. The molecule has 0 aliphatic rings. The molecule has 0 unspecified atom stereocenters. The zero-order chi connectivity index (χ0) is 15.9. The number of carbonyl (C=O) groups excluding carboxylic acids is 1. The number of fused-ring (bicyclic) bond motifs is 1. The van der Waals surface area contributed by atoms with Crippen LogP contribution in [0.4, 0.5) is 5.69 Å². The van der Waals surface area contributed by atoms with Crippen LogP contribution in [0.5, 0.6) is 5.75 Å². The second kappa shape index (κ2) is 5.58. The first-order valence-electron chi connectivity index (χ1n) is 6.37. The van der Waals surface area contributed by atoms with Crippen LogP contribution < -0.4 is 10.9 Å². The molecule has 3 rings (SSSR count). The van der Waals surface area contributed by atoms with Crippen LogP contribution >= 0.6 is 27.3 Å². The Kier molecular flexibility index (Phi) is 3.76. The molecule has 0 saturated carbocycles. The van der Waals surface area contributed by atoms with Crippen LogP contribution in [-0.2, 0) is 0 Å². The Hall–Kier alpha value is -2.12. The van der Waals surface area contributed by atoms with Gasteiger partial charge in [-0.25, -0.2) is 0 Å². The zero-order valence-corrected chi connectivity index (χ0v) is 13.8. The van der Waals surface area contributed by atoms with Crippen LogP contribution in [0.1, 0.15) is 15.9 Å². The number of benzene rings is 1. The van der Waals surface area contributed by atoms with E-state index in [4.69, 9.17) is 0 Å². The SMILES string of the molecule is Cc1ccc(NC(=O)c2c(O)c3sccc3[nH]c2=O)c(Br)c1. The summed E-state index contributed by atoms with van der Waals surface area (Å²) >= 11 is 4.61. The van der Waals surface area contributed by atoms with Gasteiger partial charge in [0, 0.05) is 4.47 Å². The summed E-state index contributed by atoms with van der Waals surface area (Å²) in [5, 5.41) is 14.6. The first-order chi connectivity index (χ1) is 10.5. The summed E-state index contributed by atoms with van der Waals surface area (Å²) in [5.41, 5.74) is 1.17. The van der Waals surface area contributed by atoms with Gasteiger partial charge in [-0.1, -0.05) is 6.07 Å². The largest absolute Gasteiger partial charge is 0.505 e. The Bertz CT molecular complexity index is 946. The van der Waals surface area contributed by atoms with Crippen molar-refractivity contribution in [2.24, 2.45) is 0 Å². The number of hydrogen-bond acceptors (Lipinski definition) is 4. The number of H-pyrrole nitrogens is 1. The summed E-state index contributed by atoms with van der Waals surface area (Å²) in [6, 6.07) is 7.10. The van der Waals surface area contributed by atoms with E-state index in [-0.39, 0.29) is 11.3 Å². The number of carbonyl (C=O) groups is 1. The highest BCUT2D eigenvalue weighted by Crippen LogP contribution is 2.30. The van der Waals surface area contributed by atoms with E-state index in [9.17, 15) is 14.7 Å². The number of hydrogen-bond donors (Lipinski definition) is 3. The number of amides is 1. The van der Waals surface area contributed by atoms with Gasteiger partial charge < -0.3 is 15.4 Å². The van der Waals surface area contributed by atoms with Crippen LogP contribution in [0.3, 0.4) is 0 Å². The first kappa shape index (κ1) is 14.8. The number of pyridine rings is 1. The van der Waals surface area contributed by atoms with Gasteiger partial charge in [-0.05, 0) is 52.0 Å². The lowest BCUT2D eigenvalue weighted by Gasteiger charge is -2.09. The van der Waals surface area contributed by atoms with Crippen LogP contribution in [-0.4, -0.2) is 16.0 Å². The van der Waals surface area contributed by atoms with Gasteiger partial charge in [0.1, 0.15) is 5.56 Å². The Balaban J connectivity index is 2.03. The molecule has 0 fully saturated rings. The van der Waals surface area contributed by atoms with E-state index in [1.54, 1.807) is 17.5 Å². The molecule has 0 atom stereocenters. The number of aromatic hydroxyl groups is 1.